The second-order valence-electron chi connectivity index (χ2n) is 8.04. The summed E-state index contributed by atoms with van der Waals surface area (Å²) in [6.45, 7) is 6.48. The summed E-state index contributed by atoms with van der Waals surface area (Å²) in [6, 6.07) is 2.56. The molecule has 3 rings (SSSR count). The molecule has 2 fully saturated rings. The van der Waals surface area contributed by atoms with Crippen molar-refractivity contribution in [3.05, 3.63) is 33.9 Å². The lowest BCUT2D eigenvalue weighted by atomic mass is 9.95. The number of nitro groups is 1. The van der Waals surface area contributed by atoms with E-state index in [9.17, 15) is 28.1 Å². The van der Waals surface area contributed by atoms with Crippen molar-refractivity contribution in [2.45, 2.75) is 32.0 Å². The Bertz CT molecular complexity index is 791. The maximum Gasteiger partial charge on any atom is 0.416 e. The summed E-state index contributed by atoms with van der Waals surface area (Å²) in [6.07, 6.45) is -3.69. The van der Waals surface area contributed by atoms with Gasteiger partial charge in [0.1, 0.15) is 5.69 Å². The topological polar surface area (TPSA) is 88.0 Å². The molecule has 0 spiro atoms. The third-order valence-electron chi connectivity index (χ3n) is 5.73. The van der Waals surface area contributed by atoms with Gasteiger partial charge in [-0.25, -0.2) is 0 Å². The van der Waals surface area contributed by atoms with Crippen LogP contribution in [0.5, 0.6) is 0 Å². The number of nitrogens with zero attached hydrogens (tertiary/aromatic N) is 3. The third-order valence-corrected chi connectivity index (χ3v) is 5.73. The Kier molecular flexibility index (Phi) is 7.37. The highest BCUT2D eigenvalue weighted by Crippen LogP contribution is 2.37. The van der Waals surface area contributed by atoms with Gasteiger partial charge in [-0.1, -0.05) is 0 Å². The van der Waals surface area contributed by atoms with Crippen molar-refractivity contribution in [3.63, 3.8) is 0 Å². The molecule has 1 aromatic carbocycles. The van der Waals surface area contributed by atoms with Crippen LogP contribution in [-0.4, -0.2) is 67.7 Å². The van der Waals surface area contributed by atoms with Gasteiger partial charge >= 0.3 is 6.18 Å². The van der Waals surface area contributed by atoms with E-state index in [-0.39, 0.29) is 23.6 Å². The molecular weight excluding hydrogens is 417 g/mol. The average Bonchev–Trinajstić information content (AvgIpc) is 2.73. The highest BCUT2D eigenvalue weighted by atomic mass is 19.4. The number of halogens is 3. The fraction of sp³-hybridized carbons (Fsp3) is 0.650. The summed E-state index contributed by atoms with van der Waals surface area (Å²) in [7, 11) is 0. The van der Waals surface area contributed by atoms with Crippen LogP contribution in [0.15, 0.2) is 18.2 Å². The smallest absolute Gasteiger partial charge is 0.379 e. The third kappa shape index (κ3) is 6.07. The predicted octanol–water partition coefficient (Wildman–Crippen LogP) is 2.67. The van der Waals surface area contributed by atoms with E-state index in [0.717, 1.165) is 31.8 Å². The van der Waals surface area contributed by atoms with Crippen LogP contribution >= 0.6 is 0 Å². The summed E-state index contributed by atoms with van der Waals surface area (Å²) in [5, 5.41) is 14.4. The Labute approximate surface area is 178 Å². The Hall–Kier alpha value is -2.40. The second-order valence-corrected chi connectivity index (χ2v) is 8.04. The summed E-state index contributed by atoms with van der Waals surface area (Å²) >= 11 is 0. The maximum atomic E-state index is 12.9. The number of rotatable bonds is 6. The first-order chi connectivity index (χ1) is 14.6. The van der Waals surface area contributed by atoms with Crippen molar-refractivity contribution < 1.29 is 27.6 Å². The average molecular weight is 444 g/mol. The molecule has 1 unspecified atom stereocenters. The molecule has 31 heavy (non-hydrogen) atoms. The van der Waals surface area contributed by atoms with Gasteiger partial charge in [-0.05, 0) is 31.9 Å². The highest BCUT2D eigenvalue weighted by Gasteiger charge is 2.35. The minimum absolute atomic E-state index is 0.0142. The number of alkyl halides is 3. The van der Waals surface area contributed by atoms with Gasteiger partial charge in [-0.15, -0.1) is 0 Å². The predicted molar refractivity (Wildman–Crippen MR) is 108 cm³/mol. The molecule has 0 aromatic heterocycles. The molecule has 1 atom stereocenters. The molecule has 172 valence electrons. The number of ether oxygens (including phenoxy) is 1. The number of hydrogen-bond acceptors (Lipinski definition) is 6. The SMILES string of the molecule is CC(CN1CCOCC1)NC(=O)C1CCN(c2ccc(C(F)(F)F)cc2[N+](=O)[O-])CC1. The van der Waals surface area contributed by atoms with E-state index in [0.29, 0.717) is 45.2 Å². The van der Waals surface area contributed by atoms with E-state index in [2.05, 4.69) is 10.2 Å². The lowest BCUT2D eigenvalue weighted by molar-refractivity contribution is -0.384. The first kappa shape index (κ1) is 23.3. The van der Waals surface area contributed by atoms with E-state index >= 15 is 0 Å². The molecule has 1 aromatic rings. The molecule has 0 radical (unpaired) electrons. The number of morpholine rings is 1. The van der Waals surface area contributed by atoms with Crippen molar-refractivity contribution >= 4 is 17.3 Å². The first-order valence-electron chi connectivity index (χ1n) is 10.4. The zero-order valence-electron chi connectivity index (χ0n) is 17.4. The second kappa shape index (κ2) is 9.82. The normalized spacial score (nSPS) is 19.8. The number of nitro benzene ring substituents is 1. The van der Waals surface area contributed by atoms with E-state index in [4.69, 9.17) is 4.74 Å². The van der Waals surface area contributed by atoms with Gasteiger partial charge < -0.3 is 15.0 Å². The molecule has 0 saturated carbocycles. The number of nitrogens with one attached hydrogen (secondary N) is 1. The molecule has 2 aliphatic rings. The van der Waals surface area contributed by atoms with Gasteiger partial charge in [-0.2, -0.15) is 13.2 Å². The molecular formula is C20H27F3N4O4. The van der Waals surface area contributed by atoms with E-state index in [1.165, 1.54) is 0 Å². The van der Waals surface area contributed by atoms with Gasteiger partial charge in [-0.3, -0.25) is 19.8 Å². The molecule has 1 N–H and O–H groups in total. The fourth-order valence-electron chi connectivity index (χ4n) is 4.07. The van der Waals surface area contributed by atoms with Crippen molar-refractivity contribution in [3.8, 4) is 0 Å². The number of hydrogen-bond donors (Lipinski definition) is 1. The van der Waals surface area contributed by atoms with Crippen LogP contribution in [0.4, 0.5) is 24.5 Å². The van der Waals surface area contributed by atoms with Crippen molar-refractivity contribution in [1.29, 1.82) is 0 Å². The van der Waals surface area contributed by atoms with Crippen LogP contribution in [0.1, 0.15) is 25.3 Å². The van der Waals surface area contributed by atoms with Crippen LogP contribution in [0.2, 0.25) is 0 Å². The van der Waals surface area contributed by atoms with E-state index in [1.54, 1.807) is 4.90 Å². The van der Waals surface area contributed by atoms with Crippen molar-refractivity contribution in [1.82, 2.24) is 10.2 Å². The largest absolute Gasteiger partial charge is 0.416 e. The molecule has 0 bridgehead atoms. The highest BCUT2D eigenvalue weighted by molar-refractivity contribution is 5.79. The van der Waals surface area contributed by atoms with Gasteiger partial charge in [0.25, 0.3) is 5.69 Å². The molecule has 2 aliphatic heterocycles. The van der Waals surface area contributed by atoms with E-state index in [1.807, 2.05) is 6.92 Å². The number of carbonyl (C=O) groups is 1. The standard InChI is InChI=1S/C20H27F3N4O4/c1-14(13-25-8-10-31-11-9-25)24-19(28)15-4-6-26(7-5-15)17-3-2-16(20(21,22)23)12-18(17)27(29)30/h2-3,12,14-15H,4-11,13H2,1H3,(H,24,28). The van der Waals surface area contributed by atoms with Crippen molar-refractivity contribution in [2.75, 3.05) is 50.8 Å². The van der Waals surface area contributed by atoms with Crippen molar-refractivity contribution in [2.24, 2.45) is 5.92 Å². The number of benzene rings is 1. The molecule has 2 saturated heterocycles. The zero-order valence-corrected chi connectivity index (χ0v) is 17.4. The number of amides is 1. The Morgan fingerprint density at radius 3 is 2.48 bits per heavy atom. The Morgan fingerprint density at radius 2 is 1.90 bits per heavy atom. The lowest BCUT2D eigenvalue weighted by Gasteiger charge is -2.34. The maximum absolute atomic E-state index is 12.9. The van der Waals surface area contributed by atoms with Crippen LogP contribution in [-0.2, 0) is 15.7 Å². The van der Waals surface area contributed by atoms with Crippen LogP contribution < -0.4 is 10.2 Å². The lowest BCUT2D eigenvalue weighted by Crippen LogP contribution is -2.48. The number of anilines is 1. The summed E-state index contributed by atoms with van der Waals surface area (Å²) < 4.78 is 44.0. The van der Waals surface area contributed by atoms with Crippen LogP contribution in [0.25, 0.3) is 0 Å². The van der Waals surface area contributed by atoms with Gasteiger partial charge in [0.2, 0.25) is 5.91 Å². The minimum Gasteiger partial charge on any atom is -0.379 e. The monoisotopic (exact) mass is 444 g/mol. The Balaban J connectivity index is 1.56. The quantitative estimate of drug-likeness (QED) is 0.536. The van der Waals surface area contributed by atoms with Gasteiger partial charge in [0, 0.05) is 50.7 Å². The van der Waals surface area contributed by atoms with Gasteiger partial charge in [0.05, 0.1) is 23.7 Å². The summed E-state index contributed by atoms with van der Waals surface area (Å²) in [5.74, 6) is -0.278. The van der Waals surface area contributed by atoms with Gasteiger partial charge in [0.15, 0.2) is 0 Å². The fourth-order valence-corrected chi connectivity index (χ4v) is 4.07. The molecule has 1 amide bonds. The molecule has 8 nitrogen and oxygen atoms in total. The number of carbonyl (C=O) groups excluding carboxylic acids is 1. The van der Waals surface area contributed by atoms with Crippen LogP contribution in [0.3, 0.4) is 0 Å². The number of piperidine rings is 1. The zero-order chi connectivity index (χ0) is 22.6. The molecule has 11 heteroatoms. The molecule has 2 heterocycles. The summed E-state index contributed by atoms with van der Waals surface area (Å²) in [4.78, 5) is 27.1. The minimum atomic E-state index is -4.65. The van der Waals surface area contributed by atoms with E-state index < -0.39 is 22.4 Å². The summed E-state index contributed by atoms with van der Waals surface area (Å²) in [5.41, 5.74) is -1.47. The first-order valence-corrected chi connectivity index (χ1v) is 10.4. The Morgan fingerprint density at radius 1 is 1.26 bits per heavy atom. The van der Waals surface area contributed by atoms with Crippen LogP contribution in [0, 0.1) is 16.0 Å². The molecule has 0 aliphatic carbocycles.